The summed E-state index contributed by atoms with van der Waals surface area (Å²) in [6, 6.07) is 0. The van der Waals surface area contributed by atoms with E-state index in [-0.39, 0.29) is 12.0 Å². The molecule has 0 saturated heterocycles. The SMILES string of the molecule is CNC(C)(COC1CCCCC1C)C(N)=O. The lowest BCUT2D eigenvalue weighted by Crippen LogP contribution is -2.55. The third kappa shape index (κ3) is 3.19. The van der Waals surface area contributed by atoms with E-state index in [1.165, 1.54) is 19.3 Å². The number of nitrogens with one attached hydrogen (secondary N) is 1. The van der Waals surface area contributed by atoms with Gasteiger partial charge in [0.25, 0.3) is 0 Å². The Hall–Kier alpha value is -0.610. The average molecular weight is 228 g/mol. The molecule has 4 nitrogen and oxygen atoms in total. The molecule has 0 bridgehead atoms. The van der Waals surface area contributed by atoms with E-state index in [1.54, 1.807) is 14.0 Å². The lowest BCUT2D eigenvalue weighted by Gasteiger charge is -2.33. The zero-order valence-corrected chi connectivity index (χ0v) is 10.6. The molecule has 0 aliphatic heterocycles. The zero-order chi connectivity index (χ0) is 12.2. The van der Waals surface area contributed by atoms with Crippen LogP contribution in [0.2, 0.25) is 0 Å². The predicted molar refractivity (Wildman–Crippen MR) is 64.0 cm³/mol. The number of rotatable bonds is 5. The first-order valence-electron chi connectivity index (χ1n) is 6.10. The molecular weight excluding hydrogens is 204 g/mol. The average Bonchev–Trinajstić information content (AvgIpc) is 2.27. The minimum atomic E-state index is -0.753. The minimum Gasteiger partial charge on any atom is -0.375 e. The van der Waals surface area contributed by atoms with Crippen LogP contribution in [0.5, 0.6) is 0 Å². The molecule has 94 valence electrons. The second-order valence-electron chi connectivity index (χ2n) is 5.06. The summed E-state index contributed by atoms with van der Waals surface area (Å²) < 4.78 is 5.85. The molecule has 0 aromatic carbocycles. The molecule has 1 aliphatic carbocycles. The Morgan fingerprint density at radius 1 is 1.50 bits per heavy atom. The van der Waals surface area contributed by atoms with Crippen molar-refractivity contribution in [3.05, 3.63) is 0 Å². The molecule has 0 aromatic rings. The summed E-state index contributed by atoms with van der Waals surface area (Å²) in [5, 5.41) is 2.93. The number of ether oxygens (including phenoxy) is 1. The molecule has 0 heterocycles. The lowest BCUT2D eigenvalue weighted by atomic mass is 9.88. The molecule has 4 heteroatoms. The second kappa shape index (κ2) is 5.64. The normalized spacial score (nSPS) is 29.7. The van der Waals surface area contributed by atoms with Crippen LogP contribution in [0.15, 0.2) is 0 Å². The van der Waals surface area contributed by atoms with Gasteiger partial charge in [-0.05, 0) is 32.7 Å². The minimum absolute atomic E-state index is 0.278. The van der Waals surface area contributed by atoms with Crippen molar-refractivity contribution in [2.45, 2.75) is 51.2 Å². The van der Waals surface area contributed by atoms with E-state index in [9.17, 15) is 4.79 Å². The molecule has 3 unspecified atom stereocenters. The molecule has 1 rings (SSSR count). The van der Waals surface area contributed by atoms with Crippen LogP contribution in [0.3, 0.4) is 0 Å². The van der Waals surface area contributed by atoms with Crippen molar-refractivity contribution < 1.29 is 9.53 Å². The number of hydrogen-bond donors (Lipinski definition) is 2. The van der Waals surface area contributed by atoms with Gasteiger partial charge >= 0.3 is 0 Å². The van der Waals surface area contributed by atoms with E-state index in [1.807, 2.05) is 0 Å². The van der Waals surface area contributed by atoms with E-state index < -0.39 is 5.54 Å². The predicted octanol–water partition coefficient (Wildman–Crippen LogP) is 1.05. The van der Waals surface area contributed by atoms with Crippen molar-refractivity contribution in [3.63, 3.8) is 0 Å². The molecule has 0 radical (unpaired) electrons. The molecule has 0 spiro atoms. The van der Waals surface area contributed by atoms with E-state index in [0.717, 1.165) is 6.42 Å². The molecule has 16 heavy (non-hydrogen) atoms. The summed E-state index contributed by atoms with van der Waals surface area (Å²) in [5.41, 5.74) is 4.60. The van der Waals surface area contributed by atoms with Crippen molar-refractivity contribution in [2.24, 2.45) is 11.7 Å². The Morgan fingerprint density at radius 2 is 2.12 bits per heavy atom. The number of carbonyl (C=O) groups excluding carboxylic acids is 1. The summed E-state index contributed by atoms with van der Waals surface area (Å²) in [6.07, 6.45) is 5.11. The zero-order valence-electron chi connectivity index (χ0n) is 10.6. The van der Waals surface area contributed by atoms with Crippen LogP contribution in [-0.2, 0) is 9.53 Å². The maximum absolute atomic E-state index is 11.3. The van der Waals surface area contributed by atoms with Crippen LogP contribution >= 0.6 is 0 Å². The number of likely N-dealkylation sites (N-methyl/N-ethyl adjacent to an activating group) is 1. The number of primary amides is 1. The third-order valence-corrected chi connectivity index (χ3v) is 3.71. The van der Waals surface area contributed by atoms with Gasteiger partial charge in [0.05, 0.1) is 12.7 Å². The second-order valence-corrected chi connectivity index (χ2v) is 5.06. The Balaban J connectivity index is 2.45. The maximum atomic E-state index is 11.3. The van der Waals surface area contributed by atoms with Gasteiger partial charge in [0.15, 0.2) is 0 Å². The molecule has 1 fully saturated rings. The van der Waals surface area contributed by atoms with Crippen LogP contribution in [0.25, 0.3) is 0 Å². The van der Waals surface area contributed by atoms with Crippen molar-refractivity contribution in [1.82, 2.24) is 5.32 Å². The van der Waals surface area contributed by atoms with E-state index in [4.69, 9.17) is 10.5 Å². The Kier molecular flexibility index (Phi) is 4.74. The van der Waals surface area contributed by atoms with Gasteiger partial charge in [-0.15, -0.1) is 0 Å². The molecule has 1 saturated carbocycles. The van der Waals surface area contributed by atoms with Gasteiger partial charge in [0.1, 0.15) is 5.54 Å². The van der Waals surface area contributed by atoms with E-state index in [2.05, 4.69) is 12.2 Å². The Labute approximate surface area is 97.9 Å². The van der Waals surface area contributed by atoms with Gasteiger partial charge in [0.2, 0.25) is 5.91 Å². The highest BCUT2D eigenvalue weighted by Crippen LogP contribution is 2.26. The van der Waals surface area contributed by atoms with Gasteiger partial charge in [-0.3, -0.25) is 4.79 Å². The molecule has 1 amide bonds. The van der Waals surface area contributed by atoms with Gasteiger partial charge in [-0.2, -0.15) is 0 Å². The topological polar surface area (TPSA) is 64.3 Å². The summed E-state index contributed by atoms with van der Waals surface area (Å²) in [7, 11) is 1.73. The van der Waals surface area contributed by atoms with Crippen LogP contribution in [0.1, 0.15) is 39.5 Å². The molecule has 3 N–H and O–H groups in total. The monoisotopic (exact) mass is 228 g/mol. The largest absolute Gasteiger partial charge is 0.375 e. The number of carbonyl (C=O) groups is 1. The van der Waals surface area contributed by atoms with Crippen LogP contribution in [-0.4, -0.2) is 31.2 Å². The fraction of sp³-hybridized carbons (Fsp3) is 0.917. The van der Waals surface area contributed by atoms with Gasteiger partial charge in [-0.25, -0.2) is 0 Å². The molecule has 1 aliphatic rings. The first-order chi connectivity index (χ1) is 7.49. The molecule has 3 atom stereocenters. The fourth-order valence-electron chi connectivity index (χ4n) is 2.07. The number of nitrogens with two attached hydrogens (primary N) is 1. The van der Waals surface area contributed by atoms with Crippen molar-refractivity contribution in [2.75, 3.05) is 13.7 Å². The summed E-state index contributed by atoms with van der Waals surface area (Å²) >= 11 is 0. The van der Waals surface area contributed by atoms with Crippen LogP contribution in [0, 0.1) is 5.92 Å². The first-order valence-corrected chi connectivity index (χ1v) is 6.10. The third-order valence-electron chi connectivity index (χ3n) is 3.71. The smallest absolute Gasteiger partial charge is 0.239 e. The van der Waals surface area contributed by atoms with Gasteiger partial charge < -0.3 is 15.8 Å². The first kappa shape index (κ1) is 13.5. The van der Waals surface area contributed by atoms with Crippen LogP contribution in [0.4, 0.5) is 0 Å². The van der Waals surface area contributed by atoms with Crippen molar-refractivity contribution >= 4 is 5.91 Å². The van der Waals surface area contributed by atoms with E-state index in [0.29, 0.717) is 12.5 Å². The summed E-state index contributed by atoms with van der Waals surface area (Å²) in [5.74, 6) is 0.223. The van der Waals surface area contributed by atoms with E-state index >= 15 is 0 Å². The lowest BCUT2D eigenvalue weighted by molar-refractivity contribution is -0.128. The van der Waals surface area contributed by atoms with Gasteiger partial charge in [-0.1, -0.05) is 19.8 Å². The highest BCUT2D eigenvalue weighted by molar-refractivity contribution is 5.84. The van der Waals surface area contributed by atoms with Crippen molar-refractivity contribution in [3.8, 4) is 0 Å². The summed E-state index contributed by atoms with van der Waals surface area (Å²) in [6.45, 7) is 4.35. The molecular formula is C12H24N2O2. The highest BCUT2D eigenvalue weighted by atomic mass is 16.5. The van der Waals surface area contributed by atoms with Crippen LogP contribution < -0.4 is 11.1 Å². The fourth-order valence-corrected chi connectivity index (χ4v) is 2.07. The highest BCUT2D eigenvalue weighted by Gasteiger charge is 2.32. The Bertz CT molecular complexity index is 245. The number of hydrogen-bond acceptors (Lipinski definition) is 3. The Morgan fingerprint density at radius 3 is 2.62 bits per heavy atom. The maximum Gasteiger partial charge on any atom is 0.239 e. The molecule has 0 aromatic heterocycles. The number of amides is 1. The summed E-state index contributed by atoms with van der Waals surface area (Å²) in [4.78, 5) is 11.3. The standard InChI is InChI=1S/C12H24N2O2/c1-9-6-4-5-7-10(9)16-8-12(2,14-3)11(13)15/h9-10,14H,4-8H2,1-3H3,(H2,13,15). The quantitative estimate of drug-likeness (QED) is 0.739. The van der Waals surface area contributed by atoms with Gasteiger partial charge in [0, 0.05) is 0 Å². The van der Waals surface area contributed by atoms with Crippen molar-refractivity contribution in [1.29, 1.82) is 0 Å².